The Bertz CT molecular complexity index is 319. The van der Waals surface area contributed by atoms with E-state index in [4.69, 9.17) is 0 Å². The molecule has 17 heavy (non-hydrogen) atoms. The van der Waals surface area contributed by atoms with Crippen LogP contribution in [0.4, 0.5) is 0 Å². The summed E-state index contributed by atoms with van der Waals surface area (Å²) in [7, 11) is 0. The Morgan fingerprint density at radius 1 is 1.47 bits per heavy atom. The second-order valence-electron chi connectivity index (χ2n) is 4.91. The zero-order valence-electron chi connectivity index (χ0n) is 10.3. The number of aliphatic hydroxyl groups excluding tert-OH is 1. The third kappa shape index (κ3) is 2.60. The van der Waals surface area contributed by atoms with Gasteiger partial charge in [-0.15, -0.1) is 0 Å². The second kappa shape index (κ2) is 5.04. The first-order chi connectivity index (χ1) is 8.11. The summed E-state index contributed by atoms with van der Waals surface area (Å²) in [6.07, 6.45) is 1.56. The summed E-state index contributed by atoms with van der Waals surface area (Å²) in [5, 5.41) is 9.55. The summed E-state index contributed by atoms with van der Waals surface area (Å²) in [6, 6.07) is 0. The average molecular weight is 240 g/mol. The molecule has 0 aromatic rings. The fourth-order valence-electron chi connectivity index (χ4n) is 2.66. The minimum atomic E-state index is -0.396. The number of piperidine rings is 1. The normalized spacial score (nSPS) is 29.9. The molecule has 0 aromatic carbocycles. The summed E-state index contributed by atoms with van der Waals surface area (Å²) in [4.78, 5) is 27.2. The molecule has 1 N–H and O–H groups in total. The lowest BCUT2D eigenvalue weighted by molar-refractivity contribution is -0.138. The van der Waals surface area contributed by atoms with Gasteiger partial charge in [0.15, 0.2) is 0 Å². The number of hydrogen-bond donors (Lipinski definition) is 1. The highest BCUT2D eigenvalue weighted by Gasteiger charge is 2.36. The van der Waals surface area contributed by atoms with Crippen LogP contribution in [0.15, 0.2) is 0 Å². The van der Waals surface area contributed by atoms with Crippen LogP contribution in [-0.2, 0) is 9.59 Å². The number of rotatable bonds is 2. The van der Waals surface area contributed by atoms with E-state index in [1.54, 1.807) is 9.80 Å². The highest BCUT2D eigenvalue weighted by molar-refractivity contribution is 5.89. The van der Waals surface area contributed by atoms with E-state index in [0.717, 1.165) is 12.8 Å². The number of carbonyl (C=O) groups is 2. The minimum absolute atomic E-state index is 0.0352. The van der Waals surface area contributed by atoms with Gasteiger partial charge in [-0.05, 0) is 19.8 Å². The molecule has 0 spiro atoms. The van der Waals surface area contributed by atoms with Crippen LogP contribution in [0, 0.1) is 5.92 Å². The third-order valence-corrected chi connectivity index (χ3v) is 3.65. The molecule has 5 heteroatoms. The molecule has 2 amide bonds. The first-order valence-electron chi connectivity index (χ1n) is 6.36. The lowest BCUT2D eigenvalue weighted by atomic mass is 10.0. The third-order valence-electron chi connectivity index (χ3n) is 3.65. The molecule has 2 heterocycles. The SMILES string of the molecule is CCN1CC(C(=O)N2CCC[C@H](O)C2)CC1=O. The molecule has 0 radical (unpaired) electrons. The first-order valence-corrected chi connectivity index (χ1v) is 6.36. The van der Waals surface area contributed by atoms with Crippen LogP contribution in [0.1, 0.15) is 26.2 Å². The summed E-state index contributed by atoms with van der Waals surface area (Å²) in [5.41, 5.74) is 0. The Hall–Kier alpha value is -1.10. The Morgan fingerprint density at radius 3 is 2.82 bits per heavy atom. The average Bonchev–Trinajstić information content (AvgIpc) is 2.69. The van der Waals surface area contributed by atoms with E-state index >= 15 is 0 Å². The largest absolute Gasteiger partial charge is 0.391 e. The first kappa shape index (κ1) is 12.4. The molecule has 2 aliphatic heterocycles. The van der Waals surface area contributed by atoms with Crippen LogP contribution < -0.4 is 0 Å². The maximum absolute atomic E-state index is 12.2. The Morgan fingerprint density at radius 2 is 2.24 bits per heavy atom. The lowest BCUT2D eigenvalue weighted by Gasteiger charge is -2.31. The molecule has 0 aromatic heterocycles. The van der Waals surface area contributed by atoms with Gasteiger partial charge in [-0.2, -0.15) is 0 Å². The number of hydrogen-bond acceptors (Lipinski definition) is 3. The van der Waals surface area contributed by atoms with Gasteiger partial charge >= 0.3 is 0 Å². The molecule has 2 aliphatic rings. The Balaban J connectivity index is 1.94. The maximum atomic E-state index is 12.2. The van der Waals surface area contributed by atoms with Gasteiger partial charge in [-0.1, -0.05) is 0 Å². The molecule has 0 bridgehead atoms. The maximum Gasteiger partial charge on any atom is 0.228 e. The van der Waals surface area contributed by atoms with Crippen molar-refractivity contribution in [1.29, 1.82) is 0 Å². The van der Waals surface area contributed by atoms with Crippen molar-refractivity contribution in [3.05, 3.63) is 0 Å². The molecule has 0 saturated carbocycles. The van der Waals surface area contributed by atoms with Gasteiger partial charge in [-0.25, -0.2) is 0 Å². The van der Waals surface area contributed by atoms with Gasteiger partial charge in [-0.3, -0.25) is 9.59 Å². The monoisotopic (exact) mass is 240 g/mol. The van der Waals surface area contributed by atoms with Crippen molar-refractivity contribution in [2.24, 2.45) is 5.92 Å². The number of likely N-dealkylation sites (tertiary alicyclic amines) is 2. The standard InChI is InChI=1S/C12H20N2O3/c1-2-13-7-9(6-11(13)16)12(17)14-5-3-4-10(15)8-14/h9-10,15H,2-8H2,1H3/t9?,10-/m0/s1. The lowest BCUT2D eigenvalue weighted by Crippen LogP contribution is -2.45. The Kier molecular flexibility index (Phi) is 3.66. The minimum Gasteiger partial charge on any atom is -0.391 e. The van der Waals surface area contributed by atoms with E-state index in [1.807, 2.05) is 6.92 Å². The van der Waals surface area contributed by atoms with Crippen LogP contribution in [-0.4, -0.2) is 59.0 Å². The van der Waals surface area contributed by atoms with Crippen molar-refractivity contribution in [2.75, 3.05) is 26.2 Å². The van der Waals surface area contributed by atoms with E-state index in [1.165, 1.54) is 0 Å². The zero-order chi connectivity index (χ0) is 12.4. The fraction of sp³-hybridized carbons (Fsp3) is 0.833. The van der Waals surface area contributed by atoms with Crippen LogP contribution >= 0.6 is 0 Å². The molecule has 2 atom stereocenters. The summed E-state index contributed by atoms with van der Waals surface area (Å²) in [6.45, 7) is 4.28. The van der Waals surface area contributed by atoms with Crippen molar-refractivity contribution in [3.8, 4) is 0 Å². The van der Waals surface area contributed by atoms with Crippen LogP contribution in [0.3, 0.4) is 0 Å². The fourth-order valence-corrected chi connectivity index (χ4v) is 2.66. The quantitative estimate of drug-likeness (QED) is 0.729. The smallest absolute Gasteiger partial charge is 0.228 e. The topological polar surface area (TPSA) is 60.9 Å². The molecule has 5 nitrogen and oxygen atoms in total. The molecule has 2 rings (SSSR count). The summed E-state index contributed by atoms with van der Waals surface area (Å²) < 4.78 is 0. The predicted octanol–water partition coefficient (Wildman–Crippen LogP) is -0.162. The predicted molar refractivity (Wildman–Crippen MR) is 62.2 cm³/mol. The molecule has 2 saturated heterocycles. The van der Waals surface area contributed by atoms with Gasteiger partial charge in [0.1, 0.15) is 0 Å². The van der Waals surface area contributed by atoms with E-state index in [2.05, 4.69) is 0 Å². The van der Waals surface area contributed by atoms with Crippen molar-refractivity contribution in [3.63, 3.8) is 0 Å². The number of aliphatic hydroxyl groups is 1. The number of amides is 2. The second-order valence-corrected chi connectivity index (χ2v) is 4.91. The van der Waals surface area contributed by atoms with E-state index in [9.17, 15) is 14.7 Å². The van der Waals surface area contributed by atoms with Gasteiger partial charge in [0.05, 0.1) is 12.0 Å². The van der Waals surface area contributed by atoms with Crippen LogP contribution in [0.25, 0.3) is 0 Å². The Labute approximate surface area is 101 Å². The highest BCUT2D eigenvalue weighted by Crippen LogP contribution is 2.21. The van der Waals surface area contributed by atoms with Gasteiger partial charge in [0.25, 0.3) is 0 Å². The van der Waals surface area contributed by atoms with Crippen LogP contribution in [0.2, 0.25) is 0 Å². The van der Waals surface area contributed by atoms with Crippen molar-refractivity contribution in [2.45, 2.75) is 32.3 Å². The summed E-state index contributed by atoms with van der Waals surface area (Å²) in [5.74, 6) is -0.0933. The number of carbonyl (C=O) groups excluding carboxylic acids is 2. The molecule has 96 valence electrons. The van der Waals surface area contributed by atoms with Gasteiger partial charge < -0.3 is 14.9 Å². The molecule has 2 fully saturated rings. The zero-order valence-corrected chi connectivity index (χ0v) is 10.3. The van der Waals surface area contributed by atoms with Crippen LogP contribution in [0.5, 0.6) is 0 Å². The summed E-state index contributed by atoms with van der Waals surface area (Å²) >= 11 is 0. The number of nitrogens with zero attached hydrogens (tertiary/aromatic N) is 2. The van der Waals surface area contributed by atoms with E-state index in [0.29, 0.717) is 32.6 Å². The van der Waals surface area contributed by atoms with E-state index in [-0.39, 0.29) is 17.7 Å². The molecular formula is C12H20N2O3. The van der Waals surface area contributed by atoms with Gasteiger partial charge in [0, 0.05) is 32.6 Å². The van der Waals surface area contributed by atoms with Crippen molar-refractivity contribution >= 4 is 11.8 Å². The van der Waals surface area contributed by atoms with Crippen molar-refractivity contribution in [1.82, 2.24) is 9.80 Å². The van der Waals surface area contributed by atoms with E-state index < -0.39 is 6.10 Å². The van der Waals surface area contributed by atoms with Crippen molar-refractivity contribution < 1.29 is 14.7 Å². The molecule has 1 unspecified atom stereocenters. The molecular weight excluding hydrogens is 220 g/mol. The van der Waals surface area contributed by atoms with Gasteiger partial charge in [0.2, 0.25) is 11.8 Å². The highest BCUT2D eigenvalue weighted by atomic mass is 16.3. The molecule has 0 aliphatic carbocycles. The number of β-amino-alcohol motifs (C(OH)–C–C–N with tert-alkyl or cyclic N) is 1.